The summed E-state index contributed by atoms with van der Waals surface area (Å²) in [5.74, 6) is 5.37. The van der Waals surface area contributed by atoms with E-state index >= 15 is 0 Å². The van der Waals surface area contributed by atoms with Crippen LogP contribution >= 0.6 is 0 Å². The molecule has 0 aliphatic carbocycles. The van der Waals surface area contributed by atoms with Crippen LogP contribution in [0.4, 0.5) is 0 Å². The molecule has 1 saturated heterocycles. The molecule has 6 heteroatoms. The molecule has 0 unspecified atom stereocenters. The third-order valence-corrected chi connectivity index (χ3v) is 4.66. The van der Waals surface area contributed by atoms with Gasteiger partial charge in [-0.2, -0.15) is 17.4 Å². The second-order valence-corrected chi connectivity index (χ2v) is 6.35. The second-order valence-electron chi connectivity index (χ2n) is 4.59. The molecular weight excluding hydrogens is 276 g/mol. The van der Waals surface area contributed by atoms with E-state index in [1.807, 2.05) is 24.3 Å². The Hall–Kier alpha value is -1.39. The van der Waals surface area contributed by atoms with Gasteiger partial charge in [0, 0.05) is 25.2 Å². The van der Waals surface area contributed by atoms with E-state index in [1.165, 1.54) is 4.31 Å². The van der Waals surface area contributed by atoms with Crippen molar-refractivity contribution in [2.24, 2.45) is 0 Å². The minimum Gasteiger partial charge on any atom is -0.384 e. The smallest absolute Gasteiger partial charge is 0.279 e. The minimum absolute atomic E-state index is 0.189. The van der Waals surface area contributed by atoms with Crippen LogP contribution in [0.15, 0.2) is 24.3 Å². The Labute approximate surface area is 119 Å². The first kappa shape index (κ1) is 15.0. The van der Waals surface area contributed by atoms with Gasteiger partial charge >= 0.3 is 0 Å². The van der Waals surface area contributed by atoms with Gasteiger partial charge in [-0.3, -0.25) is 0 Å². The summed E-state index contributed by atoms with van der Waals surface area (Å²) in [5.41, 5.74) is 1.61. The third-order valence-electron chi connectivity index (χ3n) is 3.10. The molecule has 2 N–H and O–H groups in total. The standard InChI is InChI=1S/C14H18N2O3S/c17-10-4-7-13-5-3-6-14(11-13)12-15-20(18,19)16-8-1-2-9-16/h3,5-6,11,15,17H,1-2,8-10,12H2. The maximum atomic E-state index is 12.0. The summed E-state index contributed by atoms with van der Waals surface area (Å²) in [5, 5.41) is 8.66. The van der Waals surface area contributed by atoms with Crippen LogP contribution in [0.3, 0.4) is 0 Å². The van der Waals surface area contributed by atoms with Crippen LogP contribution in [-0.4, -0.2) is 37.5 Å². The molecule has 0 spiro atoms. The van der Waals surface area contributed by atoms with E-state index in [1.54, 1.807) is 0 Å². The maximum Gasteiger partial charge on any atom is 0.279 e. The molecule has 2 rings (SSSR count). The van der Waals surface area contributed by atoms with Crippen molar-refractivity contribution in [2.75, 3.05) is 19.7 Å². The second kappa shape index (κ2) is 6.86. The molecule has 5 nitrogen and oxygen atoms in total. The summed E-state index contributed by atoms with van der Waals surface area (Å²) in [6.07, 6.45) is 1.85. The molecule has 20 heavy (non-hydrogen) atoms. The molecule has 0 atom stereocenters. The van der Waals surface area contributed by atoms with Gasteiger partial charge in [0.2, 0.25) is 0 Å². The van der Waals surface area contributed by atoms with E-state index in [-0.39, 0.29) is 13.2 Å². The third kappa shape index (κ3) is 4.05. The largest absolute Gasteiger partial charge is 0.384 e. The average molecular weight is 294 g/mol. The monoisotopic (exact) mass is 294 g/mol. The Bertz CT molecular complexity index is 611. The van der Waals surface area contributed by atoms with Crippen molar-refractivity contribution < 1.29 is 13.5 Å². The summed E-state index contributed by atoms with van der Waals surface area (Å²) in [7, 11) is -3.38. The zero-order valence-corrected chi connectivity index (χ0v) is 12.0. The lowest BCUT2D eigenvalue weighted by atomic mass is 10.1. The maximum absolute atomic E-state index is 12.0. The van der Waals surface area contributed by atoms with Crippen LogP contribution < -0.4 is 4.72 Å². The van der Waals surface area contributed by atoms with Crippen LogP contribution in [-0.2, 0) is 16.8 Å². The quantitative estimate of drug-likeness (QED) is 0.793. The van der Waals surface area contributed by atoms with Crippen LogP contribution in [0.1, 0.15) is 24.0 Å². The van der Waals surface area contributed by atoms with Crippen molar-refractivity contribution in [2.45, 2.75) is 19.4 Å². The van der Waals surface area contributed by atoms with E-state index < -0.39 is 10.2 Å². The average Bonchev–Trinajstić information content (AvgIpc) is 2.98. The van der Waals surface area contributed by atoms with Gasteiger partial charge < -0.3 is 5.11 Å². The van der Waals surface area contributed by atoms with Gasteiger partial charge in [0.25, 0.3) is 10.2 Å². The number of aliphatic hydroxyl groups excluding tert-OH is 1. The fourth-order valence-electron chi connectivity index (χ4n) is 2.09. The van der Waals surface area contributed by atoms with Crippen molar-refractivity contribution in [1.82, 2.24) is 9.03 Å². The van der Waals surface area contributed by atoms with E-state index in [9.17, 15) is 8.42 Å². The highest BCUT2D eigenvalue weighted by atomic mass is 32.2. The Morgan fingerprint density at radius 1 is 1.30 bits per heavy atom. The molecule has 1 aromatic rings. The highest BCUT2D eigenvalue weighted by Crippen LogP contribution is 2.12. The predicted octanol–water partition coefficient (Wildman–Crippen LogP) is 0.461. The molecular formula is C14H18N2O3S. The van der Waals surface area contributed by atoms with Gasteiger partial charge in [0.1, 0.15) is 6.61 Å². The van der Waals surface area contributed by atoms with Crippen molar-refractivity contribution in [1.29, 1.82) is 0 Å². The Kier molecular flexibility index (Phi) is 5.15. The topological polar surface area (TPSA) is 69.6 Å². The lowest BCUT2D eigenvalue weighted by Crippen LogP contribution is -2.38. The Balaban J connectivity index is 2.00. The van der Waals surface area contributed by atoms with Crippen molar-refractivity contribution in [3.8, 4) is 11.8 Å². The minimum atomic E-state index is -3.38. The Morgan fingerprint density at radius 3 is 2.75 bits per heavy atom. The van der Waals surface area contributed by atoms with E-state index in [0.29, 0.717) is 13.1 Å². The van der Waals surface area contributed by atoms with Crippen LogP contribution in [0.25, 0.3) is 0 Å². The van der Waals surface area contributed by atoms with Crippen LogP contribution in [0.2, 0.25) is 0 Å². The van der Waals surface area contributed by atoms with Gasteiger partial charge in [-0.25, -0.2) is 0 Å². The number of hydrogen-bond donors (Lipinski definition) is 2. The molecule has 1 aliphatic rings. The summed E-state index contributed by atoms with van der Waals surface area (Å²) in [6.45, 7) is 1.24. The normalized spacial score (nSPS) is 15.8. The number of nitrogens with one attached hydrogen (secondary N) is 1. The van der Waals surface area contributed by atoms with Crippen LogP contribution in [0, 0.1) is 11.8 Å². The molecule has 108 valence electrons. The highest BCUT2D eigenvalue weighted by Gasteiger charge is 2.24. The molecule has 1 aromatic carbocycles. The first-order valence-electron chi connectivity index (χ1n) is 6.55. The first-order valence-corrected chi connectivity index (χ1v) is 7.99. The summed E-state index contributed by atoms with van der Waals surface area (Å²) < 4.78 is 28.1. The zero-order valence-electron chi connectivity index (χ0n) is 11.2. The van der Waals surface area contributed by atoms with Gasteiger partial charge in [-0.05, 0) is 30.5 Å². The number of rotatable bonds is 4. The fourth-order valence-corrected chi connectivity index (χ4v) is 3.37. The number of aliphatic hydroxyl groups is 1. The summed E-state index contributed by atoms with van der Waals surface area (Å²) >= 11 is 0. The first-order chi connectivity index (χ1) is 9.62. The molecule has 0 saturated carbocycles. The van der Waals surface area contributed by atoms with E-state index in [2.05, 4.69) is 16.6 Å². The van der Waals surface area contributed by atoms with Crippen molar-refractivity contribution in [3.63, 3.8) is 0 Å². The predicted molar refractivity (Wildman–Crippen MR) is 77.0 cm³/mol. The lowest BCUT2D eigenvalue weighted by Gasteiger charge is -2.16. The molecule has 0 bridgehead atoms. The summed E-state index contributed by atoms with van der Waals surface area (Å²) in [4.78, 5) is 0. The van der Waals surface area contributed by atoms with Gasteiger partial charge in [0.15, 0.2) is 0 Å². The zero-order chi connectivity index (χ0) is 14.4. The molecule has 0 aromatic heterocycles. The Morgan fingerprint density at radius 2 is 2.05 bits per heavy atom. The molecule has 1 aliphatic heterocycles. The van der Waals surface area contributed by atoms with Crippen molar-refractivity contribution >= 4 is 10.2 Å². The molecule has 0 amide bonds. The SMILES string of the molecule is O=S(=O)(NCc1cccc(C#CCO)c1)N1CCCC1. The molecule has 0 radical (unpaired) electrons. The number of nitrogens with zero attached hydrogens (tertiary/aromatic N) is 1. The van der Waals surface area contributed by atoms with E-state index in [0.717, 1.165) is 24.0 Å². The number of benzene rings is 1. The van der Waals surface area contributed by atoms with Gasteiger partial charge in [0.05, 0.1) is 0 Å². The molecule has 1 heterocycles. The fraction of sp³-hybridized carbons (Fsp3) is 0.429. The highest BCUT2D eigenvalue weighted by molar-refractivity contribution is 7.87. The van der Waals surface area contributed by atoms with Gasteiger partial charge in [-0.15, -0.1) is 0 Å². The molecule has 1 fully saturated rings. The van der Waals surface area contributed by atoms with E-state index in [4.69, 9.17) is 5.11 Å². The summed E-state index contributed by atoms with van der Waals surface area (Å²) in [6, 6.07) is 7.30. The number of hydrogen-bond acceptors (Lipinski definition) is 3. The van der Waals surface area contributed by atoms with Gasteiger partial charge in [-0.1, -0.05) is 24.0 Å². The lowest BCUT2D eigenvalue weighted by molar-refractivity contribution is 0.350. The van der Waals surface area contributed by atoms with Crippen molar-refractivity contribution in [3.05, 3.63) is 35.4 Å². The van der Waals surface area contributed by atoms with Crippen LogP contribution in [0.5, 0.6) is 0 Å².